The molecule has 2 aliphatic heterocycles. The fourth-order valence-corrected chi connectivity index (χ4v) is 6.11. The van der Waals surface area contributed by atoms with Crippen molar-refractivity contribution in [3.8, 4) is 6.07 Å². The molecule has 9 heteroatoms. The Morgan fingerprint density at radius 3 is 2.66 bits per heavy atom. The van der Waals surface area contributed by atoms with Crippen LogP contribution in [0.4, 0.5) is 4.79 Å². The Kier molecular flexibility index (Phi) is 9.64. The quantitative estimate of drug-likeness (QED) is 0.423. The molecule has 1 aromatic heterocycles. The number of ether oxygens (including phenoxy) is 1. The van der Waals surface area contributed by atoms with Crippen molar-refractivity contribution < 1.29 is 9.53 Å². The molecule has 0 bridgehead atoms. The lowest BCUT2D eigenvalue weighted by Gasteiger charge is -2.42. The highest BCUT2D eigenvalue weighted by molar-refractivity contribution is 5.75. The van der Waals surface area contributed by atoms with E-state index in [4.69, 9.17) is 10.00 Å². The van der Waals surface area contributed by atoms with Gasteiger partial charge in [0, 0.05) is 57.1 Å². The van der Waals surface area contributed by atoms with Crippen LogP contribution in [0, 0.1) is 16.7 Å². The molecule has 41 heavy (non-hydrogen) atoms. The maximum atomic E-state index is 13.4. The third-order valence-corrected chi connectivity index (χ3v) is 8.74. The van der Waals surface area contributed by atoms with Crippen molar-refractivity contribution in [1.29, 1.82) is 5.26 Å². The number of amides is 2. The topological polar surface area (TPSA) is 102 Å². The Morgan fingerprint density at radius 1 is 1.15 bits per heavy atom. The highest BCUT2D eigenvalue weighted by atomic mass is 16.6. The number of piperazine rings is 1. The van der Waals surface area contributed by atoms with E-state index >= 15 is 0 Å². The minimum absolute atomic E-state index is 0.00750. The number of nitrogens with zero attached hydrogens (tertiary/aromatic N) is 5. The van der Waals surface area contributed by atoms with Gasteiger partial charge in [-0.15, -0.1) is 0 Å². The summed E-state index contributed by atoms with van der Waals surface area (Å²) < 4.78 is 8.33. The van der Waals surface area contributed by atoms with E-state index in [2.05, 4.69) is 56.8 Å². The van der Waals surface area contributed by atoms with Crippen molar-refractivity contribution >= 4 is 6.03 Å². The number of rotatable bonds is 10. The fraction of sp³-hybridized carbons (Fsp3) is 0.656. The Bertz CT molecular complexity index is 1180. The van der Waals surface area contributed by atoms with Crippen molar-refractivity contribution in [2.24, 2.45) is 5.41 Å². The normalized spacial score (nSPS) is 23.8. The summed E-state index contributed by atoms with van der Waals surface area (Å²) in [6, 6.07) is 10.3. The molecular formula is C32H47N7O2. The molecule has 0 spiro atoms. The van der Waals surface area contributed by atoms with Gasteiger partial charge < -0.3 is 19.5 Å². The zero-order valence-electron chi connectivity index (χ0n) is 25.0. The summed E-state index contributed by atoms with van der Waals surface area (Å²) in [6.07, 6.45) is 11.6. The maximum absolute atomic E-state index is 13.4. The third kappa shape index (κ3) is 8.31. The van der Waals surface area contributed by atoms with Crippen LogP contribution in [0.1, 0.15) is 76.1 Å². The second-order valence-electron chi connectivity index (χ2n) is 13.2. The number of hydrogen-bond donors (Lipinski definition) is 2. The molecule has 2 aromatic rings. The molecule has 0 radical (unpaired) electrons. The van der Waals surface area contributed by atoms with Gasteiger partial charge in [-0.2, -0.15) is 5.26 Å². The van der Waals surface area contributed by atoms with Crippen molar-refractivity contribution in [2.45, 2.75) is 96.7 Å². The van der Waals surface area contributed by atoms with E-state index in [0.717, 1.165) is 76.2 Å². The van der Waals surface area contributed by atoms with E-state index in [1.54, 1.807) is 0 Å². The first-order valence-electron chi connectivity index (χ1n) is 15.5. The van der Waals surface area contributed by atoms with Gasteiger partial charge >= 0.3 is 6.03 Å². The summed E-state index contributed by atoms with van der Waals surface area (Å²) in [5, 5.41) is 16.0. The highest BCUT2D eigenvalue weighted by Gasteiger charge is 2.50. The van der Waals surface area contributed by atoms with Crippen LogP contribution >= 0.6 is 0 Å². The molecule has 1 aliphatic carbocycles. The Hall–Kier alpha value is -2.93. The van der Waals surface area contributed by atoms with Crippen molar-refractivity contribution in [3.05, 3.63) is 53.6 Å². The van der Waals surface area contributed by atoms with Crippen molar-refractivity contribution in [1.82, 2.24) is 30.0 Å². The number of imidazole rings is 1. The first-order chi connectivity index (χ1) is 19.8. The maximum Gasteiger partial charge on any atom is 0.318 e. The summed E-state index contributed by atoms with van der Waals surface area (Å²) in [7, 11) is 0. The number of epoxide rings is 1. The molecule has 2 N–H and O–H groups in total. The Balaban J connectivity index is 1.15. The fourth-order valence-electron chi connectivity index (χ4n) is 6.11. The molecule has 2 amide bonds. The first kappa shape index (κ1) is 29.6. The highest BCUT2D eigenvalue weighted by Crippen LogP contribution is 2.30. The first-order valence-corrected chi connectivity index (χ1v) is 15.5. The Morgan fingerprint density at radius 2 is 1.93 bits per heavy atom. The molecule has 3 aliphatic rings. The smallest absolute Gasteiger partial charge is 0.318 e. The lowest BCUT2D eigenvalue weighted by Crippen LogP contribution is -2.61. The molecule has 1 aromatic carbocycles. The predicted molar refractivity (Wildman–Crippen MR) is 159 cm³/mol. The van der Waals surface area contributed by atoms with Gasteiger partial charge in [0.05, 0.1) is 24.0 Å². The number of nitriles is 1. The zero-order valence-corrected chi connectivity index (χ0v) is 25.0. The number of benzene rings is 1. The average molecular weight is 562 g/mol. The van der Waals surface area contributed by atoms with Gasteiger partial charge in [-0.25, -0.2) is 9.78 Å². The van der Waals surface area contributed by atoms with Crippen molar-refractivity contribution in [3.63, 3.8) is 0 Å². The predicted octanol–water partition coefficient (Wildman–Crippen LogP) is 4.12. The number of urea groups is 1. The largest absolute Gasteiger partial charge is 0.351 e. The number of aromatic nitrogens is 2. The molecule has 3 heterocycles. The standard InChI is InChI=1S/C32H47N7O2/c1-32(2,3)14-16-37-17-18-39(31(40)36-26-7-5-4-6-8-26)28(22-37)29-30(41-29)35-15-13-27-20-34-23-38(27)21-25-11-9-24(19-33)10-12-25/h9-12,20,23,26,28-30,35H,4-8,13-18,21-22H2,1-3H3,(H,36,40)/t28?,29-,30?/m1/s1. The second-order valence-corrected chi connectivity index (χ2v) is 13.2. The second kappa shape index (κ2) is 13.4. The van der Waals surface area contributed by atoms with E-state index in [-0.39, 0.29) is 29.8 Å². The van der Waals surface area contributed by atoms with Crippen LogP contribution in [-0.2, 0) is 17.7 Å². The van der Waals surface area contributed by atoms with Gasteiger partial charge in [-0.3, -0.25) is 10.2 Å². The van der Waals surface area contributed by atoms with E-state index < -0.39 is 0 Å². The number of hydrogen-bond acceptors (Lipinski definition) is 6. The summed E-state index contributed by atoms with van der Waals surface area (Å²) in [5.74, 6) is 0. The van der Waals surface area contributed by atoms with Gasteiger partial charge in [0.2, 0.25) is 0 Å². The van der Waals surface area contributed by atoms with E-state index in [0.29, 0.717) is 11.6 Å². The van der Waals surface area contributed by atoms with E-state index in [9.17, 15) is 4.79 Å². The van der Waals surface area contributed by atoms with Gasteiger partial charge in [-0.1, -0.05) is 52.2 Å². The number of nitrogens with one attached hydrogen (secondary N) is 2. The zero-order chi connectivity index (χ0) is 28.8. The molecule has 5 rings (SSSR count). The molecule has 2 unspecified atom stereocenters. The van der Waals surface area contributed by atoms with Gasteiger partial charge in [0.1, 0.15) is 12.3 Å². The monoisotopic (exact) mass is 561 g/mol. The van der Waals surface area contributed by atoms with Gasteiger partial charge in [0.15, 0.2) is 0 Å². The van der Waals surface area contributed by atoms with Crippen LogP contribution in [0.5, 0.6) is 0 Å². The molecule has 3 fully saturated rings. The van der Waals surface area contributed by atoms with Gasteiger partial charge in [0.25, 0.3) is 0 Å². The molecule has 222 valence electrons. The molecular weight excluding hydrogens is 514 g/mol. The molecule has 2 saturated heterocycles. The summed E-state index contributed by atoms with van der Waals surface area (Å²) >= 11 is 0. The average Bonchev–Trinajstić information content (AvgIpc) is 3.61. The molecule has 3 atom stereocenters. The van der Waals surface area contributed by atoms with Crippen LogP contribution in [0.2, 0.25) is 0 Å². The third-order valence-electron chi connectivity index (χ3n) is 8.74. The number of carbonyl (C=O) groups is 1. The van der Waals surface area contributed by atoms with Crippen LogP contribution in [0.25, 0.3) is 0 Å². The van der Waals surface area contributed by atoms with Crippen LogP contribution in [0.3, 0.4) is 0 Å². The summed E-state index contributed by atoms with van der Waals surface area (Å²) in [4.78, 5) is 22.4. The molecule has 1 saturated carbocycles. The van der Waals surface area contributed by atoms with E-state index in [1.807, 2.05) is 36.8 Å². The lowest BCUT2D eigenvalue weighted by atomic mass is 9.92. The van der Waals surface area contributed by atoms with Crippen LogP contribution in [-0.4, -0.2) is 82.5 Å². The lowest BCUT2D eigenvalue weighted by molar-refractivity contribution is 0.0710. The minimum Gasteiger partial charge on any atom is -0.351 e. The Labute approximate surface area is 245 Å². The SMILES string of the molecule is CC(C)(C)CCN1CCN(C(=O)NC2CCCCC2)C([C@H]2OC2NCCc2cncn2Cc2ccc(C#N)cc2)C1. The summed E-state index contributed by atoms with van der Waals surface area (Å²) in [5.41, 5.74) is 3.25. The van der Waals surface area contributed by atoms with Crippen LogP contribution < -0.4 is 10.6 Å². The van der Waals surface area contributed by atoms with Gasteiger partial charge in [-0.05, 0) is 48.9 Å². The molecule has 9 nitrogen and oxygen atoms in total. The summed E-state index contributed by atoms with van der Waals surface area (Å²) in [6.45, 7) is 11.9. The number of carbonyl (C=O) groups excluding carboxylic acids is 1. The van der Waals surface area contributed by atoms with E-state index in [1.165, 1.54) is 19.3 Å². The minimum atomic E-state index is -0.0394. The van der Waals surface area contributed by atoms with Crippen molar-refractivity contribution in [2.75, 3.05) is 32.7 Å². The van der Waals surface area contributed by atoms with Crippen LogP contribution in [0.15, 0.2) is 36.8 Å².